The van der Waals surface area contributed by atoms with Crippen molar-refractivity contribution in [3.63, 3.8) is 0 Å². The van der Waals surface area contributed by atoms with Crippen LogP contribution in [0.2, 0.25) is 0 Å². The van der Waals surface area contributed by atoms with Gasteiger partial charge in [0.05, 0.1) is 34.9 Å². The van der Waals surface area contributed by atoms with Gasteiger partial charge in [0.25, 0.3) is 5.91 Å². The van der Waals surface area contributed by atoms with Gasteiger partial charge >= 0.3 is 0 Å². The minimum absolute atomic E-state index is 0.0672. The Balaban J connectivity index is 1.53. The van der Waals surface area contributed by atoms with Crippen LogP contribution in [-0.4, -0.2) is 35.5 Å². The van der Waals surface area contributed by atoms with Gasteiger partial charge in [-0.25, -0.2) is 0 Å². The number of carboxylic acids is 1. The molecular weight excluding hydrogens is 474 g/mol. The number of benzene rings is 2. The second-order valence-corrected chi connectivity index (χ2v) is 11.3. The van der Waals surface area contributed by atoms with Gasteiger partial charge in [0, 0.05) is 29.9 Å². The average molecular weight is 512 g/mol. The number of carboxylic acid groups (broad SMARTS) is 1. The topological polar surface area (TPSA) is 82.1 Å². The van der Waals surface area contributed by atoms with E-state index >= 15 is 0 Å². The number of carbonyl (C=O) groups excluding carboxylic acids is 2. The molecule has 6 heteroatoms. The average Bonchev–Trinajstić information content (AvgIpc) is 3.24. The first-order valence-corrected chi connectivity index (χ1v) is 13.3. The van der Waals surface area contributed by atoms with Gasteiger partial charge in [0.15, 0.2) is 0 Å². The number of aromatic carboxylic acids is 1. The number of nitrogens with one attached hydrogen (secondary N) is 1. The van der Waals surface area contributed by atoms with E-state index in [1.807, 2.05) is 48.5 Å². The number of carbonyl (C=O) groups is 2. The van der Waals surface area contributed by atoms with Crippen molar-refractivity contribution in [1.29, 1.82) is 0 Å². The highest BCUT2D eigenvalue weighted by Gasteiger charge is 2.47. The molecule has 0 saturated heterocycles. The molecular formula is C32H37N3O3. The van der Waals surface area contributed by atoms with E-state index in [4.69, 9.17) is 0 Å². The fourth-order valence-electron chi connectivity index (χ4n) is 5.19. The summed E-state index contributed by atoms with van der Waals surface area (Å²) >= 11 is 0. The largest absolute Gasteiger partial charge is 0.545 e. The van der Waals surface area contributed by atoms with Crippen LogP contribution in [0.25, 0.3) is 5.57 Å². The molecule has 0 bridgehead atoms. The van der Waals surface area contributed by atoms with Gasteiger partial charge in [-0.1, -0.05) is 38.1 Å². The molecule has 198 valence electrons. The lowest BCUT2D eigenvalue weighted by molar-refractivity contribution is -0.255. The van der Waals surface area contributed by atoms with Crippen LogP contribution in [0.1, 0.15) is 90.9 Å². The van der Waals surface area contributed by atoms with Crippen molar-refractivity contribution in [2.45, 2.75) is 58.9 Å². The minimum Gasteiger partial charge on any atom is -0.545 e. The van der Waals surface area contributed by atoms with Crippen molar-refractivity contribution in [3.05, 3.63) is 101 Å². The zero-order valence-electron chi connectivity index (χ0n) is 23.0. The number of hydrogen-bond acceptors (Lipinski definition) is 4. The van der Waals surface area contributed by atoms with Gasteiger partial charge in [-0.15, -0.1) is 0 Å². The van der Waals surface area contributed by atoms with E-state index in [1.165, 1.54) is 5.56 Å². The van der Waals surface area contributed by atoms with Crippen LogP contribution in [0.3, 0.4) is 0 Å². The molecule has 2 aromatic carbocycles. The molecule has 1 aromatic heterocycles. The maximum absolute atomic E-state index is 12.6. The molecule has 0 radical (unpaired) electrons. The smallest absolute Gasteiger partial charge is 0.251 e. The lowest BCUT2D eigenvalue weighted by Gasteiger charge is -2.44. The molecule has 2 heterocycles. The van der Waals surface area contributed by atoms with Crippen LogP contribution in [-0.2, 0) is 0 Å². The first-order valence-electron chi connectivity index (χ1n) is 13.3. The van der Waals surface area contributed by atoms with E-state index in [0.29, 0.717) is 22.5 Å². The maximum Gasteiger partial charge on any atom is 0.251 e. The van der Waals surface area contributed by atoms with Gasteiger partial charge in [-0.3, -0.25) is 14.3 Å². The fourth-order valence-corrected chi connectivity index (χ4v) is 5.19. The molecule has 0 saturated carbocycles. The quantitative estimate of drug-likeness (QED) is 0.313. The predicted molar refractivity (Wildman–Crippen MR) is 151 cm³/mol. The van der Waals surface area contributed by atoms with Crippen molar-refractivity contribution in [1.82, 2.24) is 14.8 Å². The molecule has 0 fully saturated rings. The Morgan fingerprint density at radius 2 is 1.68 bits per heavy atom. The Hall–Kier alpha value is -3.77. The number of pyridine rings is 1. The van der Waals surface area contributed by atoms with E-state index in [0.717, 1.165) is 41.9 Å². The number of hydrogen-bond donors (Lipinski definition) is 1. The van der Waals surface area contributed by atoms with E-state index in [2.05, 4.69) is 51.1 Å². The zero-order chi connectivity index (χ0) is 27.5. The van der Waals surface area contributed by atoms with E-state index in [9.17, 15) is 14.7 Å². The van der Waals surface area contributed by atoms with Crippen molar-refractivity contribution < 1.29 is 14.7 Å². The van der Waals surface area contributed by atoms with E-state index in [-0.39, 0.29) is 17.0 Å². The van der Waals surface area contributed by atoms with Crippen LogP contribution in [0.15, 0.2) is 73.1 Å². The number of amides is 1. The first-order chi connectivity index (χ1) is 18.0. The summed E-state index contributed by atoms with van der Waals surface area (Å²) in [7, 11) is 0. The summed E-state index contributed by atoms with van der Waals surface area (Å²) in [5.74, 6) is -0.825. The summed E-state index contributed by atoms with van der Waals surface area (Å²) in [5, 5.41) is 14.8. The van der Waals surface area contributed by atoms with E-state index < -0.39 is 5.97 Å². The number of rotatable bonds is 9. The monoisotopic (exact) mass is 511 g/mol. The molecule has 3 aromatic rings. The predicted octanol–water partition coefficient (Wildman–Crippen LogP) is 5.29. The second-order valence-electron chi connectivity index (χ2n) is 11.3. The van der Waals surface area contributed by atoms with Crippen molar-refractivity contribution in [2.75, 3.05) is 13.1 Å². The van der Waals surface area contributed by atoms with Crippen molar-refractivity contribution in [3.8, 4) is 0 Å². The first kappa shape index (κ1) is 27.3. The Morgan fingerprint density at radius 1 is 0.974 bits per heavy atom. The Morgan fingerprint density at radius 3 is 2.29 bits per heavy atom. The van der Waals surface area contributed by atoms with Crippen LogP contribution in [0.5, 0.6) is 0 Å². The van der Waals surface area contributed by atoms with Crippen LogP contribution in [0, 0.1) is 0 Å². The van der Waals surface area contributed by atoms with Gasteiger partial charge in [0.2, 0.25) is 0 Å². The zero-order valence-corrected chi connectivity index (χ0v) is 23.0. The maximum atomic E-state index is 12.6. The van der Waals surface area contributed by atoms with Crippen LogP contribution < -0.4 is 14.9 Å². The SMILES string of the molecule is CC(C)c1ccc(C(=O)NCCCC[N+]2(C(C)(C)C)C=C(c3ccccn3)c3ccc(C(=O)[O-])cc32)cc1. The molecule has 0 aliphatic carbocycles. The highest BCUT2D eigenvalue weighted by molar-refractivity contribution is 5.95. The summed E-state index contributed by atoms with van der Waals surface area (Å²) in [5.41, 5.74) is 5.57. The number of aromatic nitrogens is 1. The highest BCUT2D eigenvalue weighted by Crippen LogP contribution is 2.48. The molecule has 38 heavy (non-hydrogen) atoms. The number of nitrogens with zero attached hydrogens (tertiary/aromatic N) is 2. The summed E-state index contributed by atoms with van der Waals surface area (Å²) in [6, 6.07) is 18.8. The molecule has 1 atom stereocenters. The third-order valence-corrected chi connectivity index (χ3v) is 7.50. The van der Waals surface area contributed by atoms with Gasteiger partial charge in [0.1, 0.15) is 11.9 Å². The van der Waals surface area contributed by atoms with Crippen molar-refractivity contribution >= 4 is 23.1 Å². The molecule has 1 N–H and O–H groups in total. The van der Waals surface area contributed by atoms with Gasteiger partial charge in [-0.2, -0.15) is 0 Å². The van der Waals surface area contributed by atoms with Gasteiger partial charge in [-0.05, 0) is 75.4 Å². The number of fused-ring (bicyclic) bond motifs is 1. The molecule has 6 nitrogen and oxygen atoms in total. The highest BCUT2D eigenvalue weighted by atomic mass is 16.4. The van der Waals surface area contributed by atoms with Crippen LogP contribution >= 0.6 is 0 Å². The lowest BCUT2D eigenvalue weighted by atomic mass is 9.97. The molecule has 4 rings (SSSR count). The summed E-state index contributed by atoms with van der Waals surface area (Å²) in [6.45, 7) is 12.1. The van der Waals surface area contributed by atoms with Crippen molar-refractivity contribution in [2.24, 2.45) is 0 Å². The third-order valence-electron chi connectivity index (χ3n) is 7.50. The Labute approximate surface area is 225 Å². The fraction of sp³-hybridized carbons (Fsp3) is 0.344. The minimum atomic E-state index is -1.18. The standard InChI is InChI=1S/C32H37N3O3/c1-22(2)23-11-13-24(14-12-23)30(36)34-18-8-9-19-35(32(3,4)5)21-27(28-10-6-7-17-33-28)26-16-15-25(31(37)38)20-29(26)35/h6-7,10-17,20-22H,8-9,18-19H2,1-5H3,(H-,34,36,37,38). The lowest BCUT2D eigenvalue weighted by Crippen LogP contribution is -2.57. The molecule has 0 spiro atoms. The third kappa shape index (κ3) is 5.41. The molecule has 1 aliphatic heterocycles. The Kier molecular flexibility index (Phi) is 7.83. The summed E-state index contributed by atoms with van der Waals surface area (Å²) in [4.78, 5) is 29.0. The molecule has 1 unspecified atom stereocenters. The van der Waals surface area contributed by atoms with E-state index in [1.54, 1.807) is 18.3 Å². The molecule has 1 amide bonds. The number of unbranched alkanes of at least 4 members (excludes halogenated alkanes) is 1. The van der Waals surface area contributed by atoms with Crippen LogP contribution in [0.4, 0.5) is 5.69 Å². The number of quaternary nitrogens is 1. The second kappa shape index (κ2) is 10.9. The van der Waals surface area contributed by atoms with Gasteiger partial charge < -0.3 is 15.2 Å². The summed E-state index contributed by atoms with van der Waals surface area (Å²) < 4.78 is 0.486. The molecule has 1 aliphatic rings. The normalized spacial score (nSPS) is 16.7. The summed E-state index contributed by atoms with van der Waals surface area (Å²) in [6.07, 6.45) is 5.63. The Bertz CT molecular complexity index is 1340.